The molecule has 0 aliphatic carbocycles. The Bertz CT molecular complexity index is 702. The second-order valence-corrected chi connectivity index (χ2v) is 4.30. The highest BCUT2D eigenvalue weighted by molar-refractivity contribution is 5.96. The molecule has 2 heterocycles. The third kappa shape index (κ3) is 3.59. The lowest BCUT2D eigenvalue weighted by Gasteiger charge is -2.11. The van der Waals surface area contributed by atoms with E-state index in [1.807, 2.05) is 36.5 Å². The molecule has 0 radical (unpaired) electrons. The predicted octanol–water partition coefficient (Wildman–Crippen LogP) is 2.23. The standard InChI is InChI=1S/C16H11N3O2/c1-19-6-4-12(5-7-19)2-3-15-9-14(16(20)21-15)8-13(10-17)11-18/h2-9H,1H3/b15-3-. The molecule has 102 valence electrons. The van der Waals surface area contributed by atoms with Crippen molar-refractivity contribution in [2.45, 2.75) is 0 Å². The summed E-state index contributed by atoms with van der Waals surface area (Å²) in [7, 11) is 1.92. The van der Waals surface area contributed by atoms with Gasteiger partial charge in [0.1, 0.15) is 23.5 Å². The van der Waals surface area contributed by atoms with E-state index >= 15 is 0 Å². The molecule has 0 fully saturated rings. The van der Waals surface area contributed by atoms with E-state index in [2.05, 4.69) is 0 Å². The fraction of sp³-hybridized carbons (Fsp3) is 0.0625. The first-order chi connectivity index (χ1) is 10.1. The van der Waals surface area contributed by atoms with E-state index in [1.165, 1.54) is 12.2 Å². The minimum atomic E-state index is -0.572. The largest absolute Gasteiger partial charge is 0.423 e. The van der Waals surface area contributed by atoms with Crippen molar-refractivity contribution in [2.75, 3.05) is 7.05 Å². The van der Waals surface area contributed by atoms with E-state index in [0.717, 1.165) is 5.57 Å². The first-order valence-electron chi connectivity index (χ1n) is 6.08. The molecular weight excluding hydrogens is 266 g/mol. The van der Waals surface area contributed by atoms with Crippen molar-refractivity contribution in [2.24, 2.45) is 0 Å². The average molecular weight is 277 g/mol. The lowest BCUT2D eigenvalue weighted by molar-refractivity contribution is -0.132. The Morgan fingerprint density at radius 3 is 2.52 bits per heavy atom. The Labute approximate surface area is 122 Å². The maximum absolute atomic E-state index is 11.6. The Kier molecular flexibility index (Phi) is 4.18. The second kappa shape index (κ2) is 6.23. The van der Waals surface area contributed by atoms with Crippen LogP contribution >= 0.6 is 0 Å². The van der Waals surface area contributed by atoms with Crippen LogP contribution < -0.4 is 0 Å². The van der Waals surface area contributed by atoms with E-state index in [9.17, 15) is 4.79 Å². The molecule has 2 aliphatic rings. The molecule has 2 aliphatic heterocycles. The average Bonchev–Trinajstić information content (AvgIpc) is 2.84. The fourth-order valence-corrected chi connectivity index (χ4v) is 1.64. The Hall–Kier alpha value is -3.31. The second-order valence-electron chi connectivity index (χ2n) is 4.30. The lowest BCUT2D eigenvalue weighted by Crippen LogP contribution is -2.02. The van der Waals surface area contributed by atoms with E-state index in [4.69, 9.17) is 15.3 Å². The SMILES string of the molecule is CN1C=CC(=C/C=C2/C=C(C=C(C#N)C#N)C(=O)O2)C=C1. The van der Waals surface area contributed by atoms with Crippen LogP contribution in [0.5, 0.6) is 0 Å². The number of allylic oxidation sites excluding steroid dienone is 7. The zero-order chi connectivity index (χ0) is 15.2. The first kappa shape index (κ1) is 14.1. The molecule has 5 heteroatoms. The van der Waals surface area contributed by atoms with Gasteiger partial charge in [-0.25, -0.2) is 4.79 Å². The van der Waals surface area contributed by atoms with Gasteiger partial charge in [-0.15, -0.1) is 0 Å². The van der Waals surface area contributed by atoms with Crippen molar-refractivity contribution < 1.29 is 9.53 Å². The highest BCUT2D eigenvalue weighted by atomic mass is 16.5. The molecule has 0 aromatic heterocycles. The quantitative estimate of drug-likeness (QED) is 0.571. The molecule has 0 unspecified atom stereocenters. The Balaban J connectivity index is 2.19. The topological polar surface area (TPSA) is 77.1 Å². The zero-order valence-electron chi connectivity index (χ0n) is 11.3. The van der Waals surface area contributed by atoms with E-state index in [-0.39, 0.29) is 11.1 Å². The molecule has 0 aromatic rings. The summed E-state index contributed by atoms with van der Waals surface area (Å²) in [5.41, 5.74) is 1.01. The Morgan fingerprint density at radius 2 is 1.90 bits per heavy atom. The summed E-state index contributed by atoms with van der Waals surface area (Å²) in [5, 5.41) is 17.3. The normalized spacial score (nSPS) is 18.0. The molecule has 21 heavy (non-hydrogen) atoms. The number of esters is 1. The Morgan fingerprint density at radius 1 is 1.24 bits per heavy atom. The van der Waals surface area contributed by atoms with Crippen LogP contribution in [0.25, 0.3) is 0 Å². The molecule has 0 spiro atoms. The molecule has 0 bridgehead atoms. The van der Waals surface area contributed by atoms with Crippen molar-refractivity contribution in [1.82, 2.24) is 4.90 Å². The third-order valence-electron chi connectivity index (χ3n) is 2.73. The van der Waals surface area contributed by atoms with E-state index in [0.29, 0.717) is 5.76 Å². The number of carbonyl (C=O) groups excluding carboxylic acids is 1. The van der Waals surface area contributed by atoms with E-state index < -0.39 is 5.97 Å². The van der Waals surface area contributed by atoms with Crippen LogP contribution in [0.3, 0.4) is 0 Å². The van der Waals surface area contributed by atoms with Crippen LogP contribution in [0, 0.1) is 22.7 Å². The van der Waals surface area contributed by atoms with Gasteiger partial charge in [-0.3, -0.25) is 0 Å². The predicted molar refractivity (Wildman–Crippen MR) is 75.7 cm³/mol. The lowest BCUT2D eigenvalue weighted by atomic mass is 10.1. The number of carbonyl (C=O) groups is 1. The van der Waals surface area contributed by atoms with Gasteiger partial charge >= 0.3 is 5.97 Å². The number of nitrogens with zero attached hydrogens (tertiary/aromatic N) is 3. The molecule has 0 saturated carbocycles. The van der Waals surface area contributed by atoms with Crippen LogP contribution in [0.15, 0.2) is 71.3 Å². The number of cyclic esters (lactones) is 1. The highest BCUT2D eigenvalue weighted by Crippen LogP contribution is 2.20. The minimum Gasteiger partial charge on any atom is -0.423 e. The monoisotopic (exact) mass is 277 g/mol. The minimum absolute atomic E-state index is 0.140. The molecule has 0 atom stereocenters. The molecule has 5 nitrogen and oxygen atoms in total. The fourth-order valence-electron chi connectivity index (χ4n) is 1.64. The third-order valence-corrected chi connectivity index (χ3v) is 2.73. The maximum atomic E-state index is 11.6. The molecule has 0 saturated heterocycles. The van der Waals surface area contributed by atoms with Gasteiger partial charge in [0.2, 0.25) is 0 Å². The van der Waals surface area contributed by atoms with Crippen LogP contribution in [0.1, 0.15) is 0 Å². The van der Waals surface area contributed by atoms with E-state index in [1.54, 1.807) is 24.3 Å². The van der Waals surface area contributed by atoms with Gasteiger partial charge in [-0.1, -0.05) is 6.08 Å². The summed E-state index contributed by atoms with van der Waals surface area (Å²) in [4.78, 5) is 13.5. The van der Waals surface area contributed by atoms with Gasteiger partial charge in [0.25, 0.3) is 0 Å². The summed E-state index contributed by atoms with van der Waals surface area (Å²) >= 11 is 0. The van der Waals surface area contributed by atoms with Gasteiger partial charge in [0, 0.05) is 19.4 Å². The van der Waals surface area contributed by atoms with Crippen molar-refractivity contribution >= 4 is 5.97 Å². The van der Waals surface area contributed by atoms with Crippen molar-refractivity contribution in [3.05, 3.63) is 71.3 Å². The maximum Gasteiger partial charge on any atom is 0.343 e. The summed E-state index contributed by atoms with van der Waals surface area (Å²) in [5.74, 6) is -0.202. The van der Waals surface area contributed by atoms with Crippen LogP contribution in [0.4, 0.5) is 0 Å². The summed E-state index contributed by atoms with van der Waals surface area (Å²) in [6.45, 7) is 0. The van der Waals surface area contributed by atoms with Gasteiger partial charge in [0.05, 0.1) is 5.57 Å². The van der Waals surface area contributed by atoms with Crippen LogP contribution in [-0.2, 0) is 9.53 Å². The van der Waals surface area contributed by atoms with Gasteiger partial charge in [0.15, 0.2) is 0 Å². The molecule has 2 rings (SSSR count). The number of rotatable bonds is 2. The molecule has 0 amide bonds. The number of hydrogen-bond donors (Lipinski definition) is 0. The molecule has 0 N–H and O–H groups in total. The highest BCUT2D eigenvalue weighted by Gasteiger charge is 2.19. The van der Waals surface area contributed by atoms with Crippen molar-refractivity contribution in [3.8, 4) is 12.1 Å². The summed E-state index contributed by atoms with van der Waals surface area (Å²) in [6, 6.07) is 3.40. The van der Waals surface area contributed by atoms with Crippen molar-refractivity contribution in [1.29, 1.82) is 10.5 Å². The first-order valence-corrected chi connectivity index (χ1v) is 6.08. The zero-order valence-corrected chi connectivity index (χ0v) is 11.3. The smallest absolute Gasteiger partial charge is 0.343 e. The van der Waals surface area contributed by atoms with Gasteiger partial charge in [-0.05, 0) is 36.0 Å². The van der Waals surface area contributed by atoms with Gasteiger partial charge < -0.3 is 9.64 Å². The summed E-state index contributed by atoms with van der Waals surface area (Å²) < 4.78 is 5.04. The molecule has 0 aromatic carbocycles. The molecular formula is C16H11N3O2. The van der Waals surface area contributed by atoms with Crippen LogP contribution in [-0.4, -0.2) is 17.9 Å². The summed E-state index contributed by atoms with van der Waals surface area (Å²) in [6.07, 6.45) is 13.8. The van der Waals surface area contributed by atoms with Crippen molar-refractivity contribution in [3.63, 3.8) is 0 Å². The van der Waals surface area contributed by atoms with Crippen LogP contribution in [0.2, 0.25) is 0 Å². The number of hydrogen-bond acceptors (Lipinski definition) is 5. The number of ether oxygens (including phenoxy) is 1. The van der Waals surface area contributed by atoms with Gasteiger partial charge in [-0.2, -0.15) is 10.5 Å². The number of nitriles is 2.